The number of halogens is 2. The summed E-state index contributed by atoms with van der Waals surface area (Å²) in [6.45, 7) is 0.990. The molecule has 0 atom stereocenters. The van der Waals surface area contributed by atoms with Gasteiger partial charge in [0.05, 0.1) is 19.3 Å². The minimum atomic E-state index is -0.128. The maximum Gasteiger partial charge on any atom is 0.238 e. The molecule has 2 aromatic carbocycles. The molecule has 0 aromatic heterocycles. The molecule has 1 amide bonds. The van der Waals surface area contributed by atoms with Crippen molar-refractivity contribution in [3.05, 3.63) is 58.1 Å². The van der Waals surface area contributed by atoms with Gasteiger partial charge >= 0.3 is 0 Å². The van der Waals surface area contributed by atoms with Crippen LogP contribution in [0.3, 0.4) is 0 Å². The summed E-state index contributed by atoms with van der Waals surface area (Å²) in [7, 11) is 3.44. The predicted molar refractivity (Wildman–Crippen MR) is 99.3 cm³/mol. The van der Waals surface area contributed by atoms with Crippen LogP contribution in [0.2, 0.25) is 10.0 Å². The zero-order valence-electron chi connectivity index (χ0n) is 13.7. The number of benzene rings is 2. The van der Waals surface area contributed by atoms with Crippen molar-refractivity contribution < 1.29 is 9.53 Å². The first kappa shape index (κ1) is 18.6. The number of hydrogen-bond acceptors (Lipinski definition) is 3. The molecule has 4 nitrogen and oxygen atoms in total. The van der Waals surface area contributed by atoms with Crippen LogP contribution in [0, 0.1) is 0 Å². The van der Waals surface area contributed by atoms with E-state index in [-0.39, 0.29) is 12.5 Å². The van der Waals surface area contributed by atoms with E-state index in [0.717, 1.165) is 23.6 Å². The molecular weight excluding hydrogens is 347 g/mol. The smallest absolute Gasteiger partial charge is 0.238 e. The molecule has 128 valence electrons. The van der Waals surface area contributed by atoms with E-state index in [0.29, 0.717) is 16.5 Å². The number of hydrogen-bond donors (Lipinski definition) is 1. The van der Waals surface area contributed by atoms with Gasteiger partial charge in [-0.25, -0.2) is 0 Å². The van der Waals surface area contributed by atoms with E-state index < -0.39 is 0 Å². The largest absolute Gasteiger partial charge is 0.495 e. The molecule has 0 aliphatic rings. The molecule has 0 aliphatic heterocycles. The van der Waals surface area contributed by atoms with Crippen molar-refractivity contribution in [3.63, 3.8) is 0 Å². The quantitative estimate of drug-likeness (QED) is 0.801. The molecule has 0 saturated carbocycles. The van der Waals surface area contributed by atoms with Crippen LogP contribution in [0.1, 0.15) is 5.56 Å². The van der Waals surface area contributed by atoms with Gasteiger partial charge in [-0.1, -0.05) is 41.4 Å². The monoisotopic (exact) mass is 366 g/mol. The van der Waals surface area contributed by atoms with Crippen LogP contribution in [0.25, 0.3) is 0 Å². The summed E-state index contributed by atoms with van der Waals surface area (Å²) in [6, 6.07) is 12.8. The van der Waals surface area contributed by atoms with E-state index in [1.807, 2.05) is 36.2 Å². The summed E-state index contributed by atoms with van der Waals surface area (Å²) < 4.78 is 5.22. The van der Waals surface area contributed by atoms with E-state index in [4.69, 9.17) is 27.9 Å². The van der Waals surface area contributed by atoms with Crippen LogP contribution in [-0.2, 0) is 11.2 Å². The van der Waals surface area contributed by atoms with Crippen LogP contribution in [0.4, 0.5) is 5.69 Å². The molecule has 0 spiro atoms. The van der Waals surface area contributed by atoms with Gasteiger partial charge in [0, 0.05) is 16.6 Å². The Labute approximate surface area is 152 Å². The second kappa shape index (κ2) is 8.92. The van der Waals surface area contributed by atoms with Crippen molar-refractivity contribution in [2.75, 3.05) is 32.6 Å². The first-order valence-electron chi connectivity index (χ1n) is 7.55. The predicted octanol–water partition coefficient (Wildman–Crippen LogP) is 4.12. The lowest BCUT2D eigenvalue weighted by Crippen LogP contribution is -2.31. The Morgan fingerprint density at radius 1 is 1.21 bits per heavy atom. The van der Waals surface area contributed by atoms with E-state index >= 15 is 0 Å². The van der Waals surface area contributed by atoms with Crippen LogP contribution in [-0.4, -0.2) is 38.1 Å². The Hall–Kier alpha value is -1.75. The molecule has 0 aliphatic carbocycles. The molecule has 0 unspecified atom stereocenters. The van der Waals surface area contributed by atoms with Gasteiger partial charge in [-0.3, -0.25) is 9.69 Å². The highest BCUT2D eigenvalue weighted by Crippen LogP contribution is 2.27. The van der Waals surface area contributed by atoms with Gasteiger partial charge in [-0.2, -0.15) is 0 Å². The third-order valence-electron chi connectivity index (χ3n) is 3.57. The fourth-order valence-corrected chi connectivity index (χ4v) is 2.71. The summed E-state index contributed by atoms with van der Waals surface area (Å²) in [6.07, 6.45) is 0.782. The van der Waals surface area contributed by atoms with E-state index in [9.17, 15) is 4.79 Å². The number of methoxy groups -OCH3 is 1. The van der Waals surface area contributed by atoms with Crippen molar-refractivity contribution in [1.29, 1.82) is 0 Å². The first-order valence-corrected chi connectivity index (χ1v) is 8.30. The fourth-order valence-electron chi connectivity index (χ4n) is 2.30. The summed E-state index contributed by atoms with van der Waals surface area (Å²) in [5, 5.41) is 4.12. The second-order valence-electron chi connectivity index (χ2n) is 5.47. The van der Waals surface area contributed by atoms with Crippen molar-refractivity contribution in [3.8, 4) is 5.75 Å². The third kappa shape index (κ3) is 5.41. The van der Waals surface area contributed by atoms with Crippen LogP contribution in [0.15, 0.2) is 42.5 Å². The highest BCUT2D eigenvalue weighted by molar-refractivity contribution is 6.31. The Balaban J connectivity index is 1.88. The van der Waals surface area contributed by atoms with Gasteiger partial charge in [0.2, 0.25) is 5.91 Å². The van der Waals surface area contributed by atoms with E-state index in [1.165, 1.54) is 0 Å². The minimum absolute atomic E-state index is 0.128. The van der Waals surface area contributed by atoms with Crippen molar-refractivity contribution >= 4 is 34.8 Å². The zero-order valence-corrected chi connectivity index (χ0v) is 15.2. The van der Waals surface area contributed by atoms with Crippen molar-refractivity contribution in [2.24, 2.45) is 0 Å². The number of anilines is 1. The van der Waals surface area contributed by atoms with Gasteiger partial charge < -0.3 is 10.1 Å². The minimum Gasteiger partial charge on any atom is -0.495 e. The SMILES string of the molecule is COc1ccc(Cl)cc1NC(=O)CN(C)CCc1ccccc1Cl. The topological polar surface area (TPSA) is 41.6 Å². The number of ether oxygens (including phenoxy) is 1. The average molecular weight is 367 g/mol. The summed E-state index contributed by atoms with van der Waals surface area (Å²) in [5.74, 6) is 0.448. The van der Waals surface area contributed by atoms with E-state index in [2.05, 4.69) is 5.32 Å². The molecule has 2 rings (SSSR count). The molecule has 2 aromatic rings. The summed E-state index contributed by atoms with van der Waals surface area (Å²) in [5.41, 5.74) is 1.64. The lowest BCUT2D eigenvalue weighted by atomic mass is 10.1. The van der Waals surface area contributed by atoms with Gasteiger partial charge in [0.15, 0.2) is 0 Å². The number of carbonyl (C=O) groups excluding carboxylic acids is 1. The highest BCUT2D eigenvalue weighted by Gasteiger charge is 2.11. The summed E-state index contributed by atoms with van der Waals surface area (Å²) in [4.78, 5) is 14.1. The maximum atomic E-state index is 12.2. The number of carbonyl (C=O) groups is 1. The Morgan fingerprint density at radius 2 is 1.96 bits per heavy atom. The van der Waals surface area contributed by atoms with Crippen molar-refractivity contribution in [2.45, 2.75) is 6.42 Å². The molecular formula is C18H20Cl2N2O2. The van der Waals surface area contributed by atoms with Gasteiger partial charge in [-0.05, 0) is 43.3 Å². The van der Waals surface area contributed by atoms with Gasteiger partial charge in [0.25, 0.3) is 0 Å². The maximum absolute atomic E-state index is 12.2. The van der Waals surface area contributed by atoms with Crippen LogP contribution >= 0.6 is 23.2 Å². The molecule has 0 saturated heterocycles. The van der Waals surface area contributed by atoms with Gasteiger partial charge in [0.1, 0.15) is 5.75 Å². The Bertz CT molecular complexity index is 707. The number of likely N-dealkylation sites (N-methyl/N-ethyl adjacent to an activating group) is 1. The second-order valence-corrected chi connectivity index (χ2v) is 6.32. The zero-order chi connectivity index (χ0) is 17.5. The molecule has 0 bridgehead atoms. The normalized spacial score (nSPS) is 10.7. The highest BCUT2D eigenvalue weighted by atomic mass is 35.5. The lowest BCUT2D eigenvalue weighted by Gasteiger charge is -2.17. The lowest BCUT2D eigenvalue weighted by molar-refractivity contribution is -0.117. The summed E-state index contributed by atoms with van der Waals surface area (Å²) >= 11 is 12.1. The molecule has 1 N–H and O–H groups in total. The first-order chi connectivity index (χ1) is 11.5. The number of nitrogens with zero attached hydrogens (tertiary/aromatic N) is 1. The molecule has 0 radical (unpaired) electrons. The molecule has 0 heterocycles. The van der Waals surface area contributed by atoms with E-state index in [1.54, 1.807) is 25.3 Å². The Morgan fingerprint density at radius 3 is 2.67 bits per heavy atom. The standard InChI is InChI=1S/C18H20Cl2N2O2/c1-22(10-9-13-5-3-4-6-15(13)20)12-18(23)21-16-11-14(19)7-8-17(16)24-2/h3-8,11H,9-10,12H2,1-2H3,(H,21,23). The van der Waals surface area contributed by atoms with Crippen molar-refractivity contribution in [1.82, 2.24) is 4.90 Å². The molecule has 0 fully saturated rings. The Kier molecular flexibility index (Phi) is 6.91. The van der Waals surface area contributed by atoms with Gasteiger partial charge in [-0.15, -0.1) is 0 Å². The number of rotatable bonds is 7. The average Bonchev–Trinajstić information content (AvgIpc) is 2.54. The molecule has 6 heteroatoms. The number of amides is 1. The van der Waals surface area contributed by atoms with Crippen LogP contribution in [0.5, 0.6) is 5.75 Å². The fraction of sp³-hybridized carbons (Fsp3) is 0.278. The molecule has 24 heavy (non-hydrogen) atoms. The van der Waals surface area contributed by atoms with Crippen LogP contribution < -0.4 is 10.1 Å². The number of nitrogens with one attached hydrogen (secondary N) is 1. The third-order valence-corrected chi connectivity index (χ3v) is 4.17.